The molecule has 0 aromatic heterocycles. The largest absolute Gasteiger partial charge is 0.351 e. The van der Waals surface area contributed by atoms with Gasteiger partial charge >= 0.3 is 0 Å². The van der Waals surface area contributed by atoms with Gasteiger partial charge in [-0.05, 0) is 50.7 Å². The Hall–Kier alpha value is -1.44. The Morgan fingerprint density at radius 3 is 2.21 bits per heavy atom. The first-order valence-corrected chi connectivity index (χ1v) is 9.95. The molecule has 0 bridgehead atoms. The molecule has 2 N–H and O–H groups in total. The van der Waals surface area contributed by atoms with E-state index in [-0.39, 0.29) is 16.8 Å². The number of carbonyl (C=O) groups is 1. The highest BCUT2D eigenvalue weighted by molar-refractivity contribution is 7.89. The molecule has 1 amide bonds. The van der Waals surface area contributed by atoms with Crippen molar-refractivity contribution in [1.82, 2.24) is 14.9 Å². The van der Waals surface area contributed by atoms with E-state index in [1.54, 1.807) is 0 Å². The Kier molecular flexibility index (Phi) is 8.38. The molecule has 0 heterocycles. The third-order valence-electron chi connectivity index (χ3n) is 4.00. The minimum atomic E-state index is -3.54. The van der Waals surface area contributed by atoms with Crippen molar-refractivity contribution in [3.8, 4) is 0 Å². The summed E-state index contributed by atoms with van der Waals surface area (Å²) in [6.07, 6.45) is 0.715. The molecular weight excluding hydrogens is 326 g/mol. The van der Waals surface area contributed by atoms with Gasteiger partial charge in [-0.1, -0.05) is 20.8 Å². The van der Waals surface area contributed by atoms with E-state index >= 15 is 0 Å². The van der Waals surface area contributed by atoms with E-state index in [1.165, 1.54) is 24.3 Å². The molecule has 136 valence electrons. The summed E-state index contributed by atoms with van der Waals surface area (Å²) in [4.78, 5) is 14.5. The van der Waals surface area contributed by atoms with Crippen LogP contribution in [0, 0.1) is 0 Å². The molecule has 6 nitrogen and oxygen atoms in total. The van der Waals surface area contributed by atoms with E-state index in [0.29, 0.717) is 18.5 Å². The first-order chi connectivity index (χ1) is 11.3. The number of rotatable bonds is 10. The van der Waals surface area contributed by atoms with Crippen molar-refractivity contribution in [2.45, 2.75) is 45.1 Å². The van der Waals surface area contributed by atoms with Crippen LogP contribution in [0.25, 0.3) is 0 Å². The lowest BCUT2D eigenvalue weighted by Crippen LogP contribution is -2.34. The van der Waals surface area contributed by atoms with E-state index in [0.717, 1.165) is 19.6 Å². The fraction of sp³-hybridized carbons (Fsp3) is 0.588. The van der Waals surface area contributed by atoms with Crippen LogP contribution in [0.2, 0.25) is 0 Å². The number of nitrogens with zero attached hydrogens (tertiary/aromatic N) is 1. The van der Waals surface area contributed by atoms with Crippen molar-refractivity contribution in [2.75, 3.05) is 26.2 Å². The summed E-state index contributed by atoms with van der Waals surface area (Å²) in [5.74, 6) is -0.194. The topological polar surface area (TPSA) is 78.5 Å². The molecule has 24 heavy (non-hydrogen) atoms. The summed E-state index contributed by atoms with van der Waals surface area (Å²) in [5, 5.41) is 2.85. The van der Waals surface area contributed by atoms with E-state index in [4.69, 9.17) is 0 Å². The zero-order chi connectivity index (χ0) is 18.2. The highest BCUT2D eigenvalue weighted by Gasteiger charge is 2.17. The molecule has 0 radical (unpaired) electrons. The molecule has 0 aliphatic carbocycles. The highest BCUT2D eigenvalue weighted by atomic mass is 32.2. The van der Waals surface area contributed by atoms with Gasteiger partial charge in [0.05, 0.1) is 4.90 Å². The lowest BCUT2D eigenvalue weighted by Gasteiger charge is -2.18. The Bertz CT molecular complexity index is 610. The van der Waals surface area contributed by atoms with Crippen molar-refractivity contribution in [2.24, 2.45) is 0 Å². The van der Waals surface area contributed by atoms with Gasteiger partial charge in [-0.15, -0.1) is 0 Å². The molecule has 0 fully saturated rings. The van der Waals surface area contributed by atoms with E-state index in [1.807, 2.05) is 13.8 Å². The zero-order valence-electron chi connectivity index (χ0n) is 15.0. The van der Waals surface area contributed by atoms with Gasteiger partial charge in [0, 0.05) is 24.7 Å². The van der Waals surface area contributed by atoms with Gasteiger partial charge in [-0.3, -0.25) is 4.79 Å². The average molecular weight is 356 g/mol. The Balaban J connectivity index is 2.65. The van der Waals surface area contributed by atoms with Crippen LogP contribution in [-0.4, -0.2) is 51.4 Å². The molecule has 0 aliphatic rings. The normalized spacial score (nSPS) is 13.0. The average Bonchev–Trinajstić information content (AvgIpc) is 2.58. The maximum atomic E-state index is 12.2. The maximum absolute atomic E-state index is 12.2. The van der Waals surface area contributed by atoms with Crippen LogP contribution in [0.4, 0.5) is 0 Å². The van der Waals surface area contributed by atoms with Gasteiger partial charge in [0.1, 0.15) is 0 Å². The van der Waals surface area contributed by atoms with Crippen molar-refractivity contribution >= 4 is 15.9 Å². The fourth-order valence-electron chi connectivity index (χ4n) is 2.17. The monoisotopic (exact) mass is 355 g/mol. The van der Waals surface area contributed by atoms with Gasteiger partial charge in [-0.25, -0.2) is 13.1 Å². The number of benzene rings is 1. The van der Waals surface area contributed by atoms with Gasteiger partial charge in [0.15, 0.2) is 0 Å². The third-order valence-corrected chi connectivity index (χ3v) is 5.61. The van der Waals surface area contributed by atoms with Crippen LogP contribution >= 0.6 is 0 Å². The van der Waals surface area contributed by atoms with Crippen LogP contribution in [0.3, 0.4) is 0 Å². The lowest BCUT2D eigenvalue weighted by molar-refractivity contribution is 0.0949. The standard InChI is InChI=1S/C17H29N3O3S/c1-5-14(4)19-24(22,23)16-10-8-15(9-11-16)17(21)18-12-13-20(6-2)7-3/h8-11,14,19H,5-7,12-13H2,1-4H3,(H,18,21). The molecule has 7 heteroatoms. The number of sulfonamides is 1. The Morgan fingerprint density at radius 2 is 1.71 bits per heavy atom. The van der Waals surface area contributed by atoms with Gasteiger partial charge in [-0.2, -0.15) is 0 Å². The molecule has 0 saturated heterocycles. The smallest absolute Gasteiger partial charge is 0.251 e. The fourth-order valence-corrected chi connectivity index (χ4v) is 3.50. The number of likely N-dealkylation sites (N-methyl/N-ethyl adjacent to an activating group) is 1. The second-order valence-electron chi connectivity index (χ2n) is 5.74. The molecule has 0 aliphatic heterocycles. The minimum absolute atomic E-state index is 0.127. The van der Waals surface area contributed by atoms with Crippen molar-refractivity contribution in [3.05, 3.63) is 29.8 Å². The Labute approximate surface area is 145 Å². The van der Waals surface area contributed by atoms with Crippen molar-refractivity contribution in [3.63, 3.8) is 0 Å². The summed E-state index contributed by atoms with van der Waals surface area (Å²) in [6, 6.07) is 5.88. The summed E-state index contributed by atoms with van der Waals surface area (Å²) < 4.78 is 27.0. The predicted molar refractivity (Wildman–Crippen MR) is 96.6 cm³/mol. The third kappa shape index (κ3) is 6.22. The molecule has 1 unspecified atom stereocenters. The van der Waals surface area contributed by atoms with Crippen molar-refractivity contribution in [1.29, 1.82) is 0 Å². The first kappa shape index (κ1) is 20.6. The van der Waals surface area contributed by atoms with Crippen LogP contribution in [-0.2, 0) is 10.0 Å². The molecule has 1 rings (SSSR count). The van der Waals surface area contributed by atoms with Gasteiger partial charge in [0.2, 0.25) is 10.0 Å². The number of nitrogens with one attached hydrogen (secondary N) is 2. The molecule has 0 spiro atoms. The summed E-state index contributed by atoms with van der Waals surface area (Å²) in [7, 11) is -3.54. The van der Waals surface area contributed by atoms with E-state index < -0.39 is 10.0 Å². The SMILES string of the molecule is CCC(C)NS(=O)(=O)c1ccc(C(=O)NCCN(CC)CC)cc1. The minimum Gasteiger partial charge on any atom is -0.351 e. The summed E-state index contributed by atoms with van der Waals surface area (Å²) >= 11 is 0. The molecule has 1 aromatic carbocycles. The summed E-state index contributed by atoms with van der Waals surface area (Å²) in [6.45, 7) is 11.1. The zero-order valence-corrected chi connectivity index (χ0v) is 15.8. The van der Waals surface area contributed by atoms with Gasteiger partial charge in [0.25, 0.3) is 5.91 Å². The number of carbonyl (C=O) groups excluding carboxylic acids is 1. The number of hydrogen-bond donors (Lipinski definition) is 2. The van der Waals surface area contributed by atoms with Crippen LogP contribution in [0.1, 0.15) is 44.5 Å². The summed E-state index contributed by atoms with van der Waals surface area (Å²) in [5.41, 5.74) is 0.456. The van der Waals surface area contributed by atoms with E-state index in [9.17, 15) is 13.2 Å². The second kappa shape index (κ2) is 9.76. The van der Waals surface area contributed by atoms with Crippen LogP contribution < -0.4 is 10.0 Å². The van der Waals surface area contributed by atoms with E-state index in [2.05, 4.69) is 28.8 Å². The first-order valence-electron chi connectivity index (χ1n) is 8.46. The number of amides is 1. The van der Waals surface area contributed by atoms with Gasteiger partial charge < -0.3 is 10.2 Å². The predicted octanol–water partition coefficient (Wildman–Crippen LogP) is 1.83. The van der Waals surface area contributed by atoms with Crippen LogP contribution in [0.5, 0.6) is 0 Å². The molecular formula is C17H29N3O3S. The van der Waals surface area contributed by atoms with Crippen molar-refractivity contribution < 1.29 is 13.2 Å². The molecule has 1 atom stereocenters. The highest BCUT2D eigenvalue weighted by Crippen LogP contribution is 2.11. The molecule has 1 aromatic rings. The second-order valence-corrected chi connectivity index (χ2v) is 7.45. The molecule has 0 saturated carbocycles. The van der Waals surface area contributed by atoms with Crippen LogP contribution in [0.15, 0.2) is 29.2 Å². The quantitative estimate of drug-likeness (QED) is 0.671. The Morgan fingerprint density at radius 1 is 1.12 bits per heavy atom. The lowest BCUT2D eigenvalue weighted by atomic mass is 10.2. The maximum Gasteiger partial charge on any atom is 0.251 e. The number of hydrogen-bond acceptors (Lipinski definition) is 4.